The number of hydrogen-bond acceptors (Lipinski definition) is 2. The summed E-state index contributed by atoms with van der Waals surface area (Å²) in [4.78, 5) is 2.45. The third-order valence-electron chi connectivity index (χ3n) is 2.86. The second-order valence-corrected chi connectivity index (χ2v) is 3.78. The highest BCUT2D eigenvalue weighted by atomic mass is 15.1. The smallest absolute Gasteiger partial charge is 0.0422 e. The van der Waals surface area contributed by atoms with Gasteiger partial charge in [0.15, 0.2) is 0 Å². The number of fused-ring (bicyclic) bond motifs is 1. The third kappa shape index (κ3) is 1.75. The summed E-state index contributed by atoms with van der Waals surface area (Å²) >= 11 is 0. The largest absolute Gasteiger partial charge is 0.373 e. The molecule has 1 atom stereocenters. The number of likely N-dealkylation sites (N-methyl/N-ethyl adjacent to an activating group) is 2. The summed E-state index contributed by atoms with van der Waals surface area (Å²) in [5.41, 5.74) is 2.96. The molecule has 0 aromatic heterocycles. The Labute approximate surface area is 86.0 Å². The Morgan fingerprint density at radius 3 is 3.07 bits per heavy atom. The fraction of sp³-hybridized carbons (Fsp3) is 0.500. The molecule has 0 fully saturated rings. The average molecular weight is 190 g/mol. The van der Waals surface area contributed by atoms with Gasteiger partial charge >= 0.3 is 0 Å². The monoisotopic (exact) mass is 190 g/mol. The molecule has 2 rings (SSSR count). The molecule has 0 spiro atoms. The molecular formula is C12H18N2. The molecule has 0 saturated carbocycles. The molecule has 0 bridgehead atoms. The van der Waals surface area contributed by atoms with E-state index in [2.05, 4.69) is 41.4 Å². The van der Waals surface area contributed by atoms with Crippen LogP contribution >= 0.6 is 0 Å². The minimum absolute atomic E-state index is 0.636. The van der Waals surface area contributed by atoms with Gasteiger partial charge in [-0.3, -0.25) is 0 Å². The van der Waals surface area contributed by atoms with Crippen molar-refractivity contribution in [2.75, 3.05) is 26.7 Å². The van der Waals surface area contributed by atoms with Crippen LogP contribution < -0.4 is 5.32 Å². The normalized spacial score (nSPS) is 22.6. The Morgan fingerprint density at radius 2 is 2.36 bits per heavy atom. The molecule has 2 aliphatic carbocycles. The summed E-state index contributed by atoms with van der Waals surface area (Å²) in [5.74, 6) is 0.636. The molecule has 0 aromatic rings. The Balaban J connectivity index is 1.97. The van der Waals surface area contributed by atoms with E-state index in [0.717, 1.165) is 19.6 Å². The van der Waals surface area contributed by atoms with Crippen molar-refractivity contribution in [3.63, 3.8) is 0 Å². The van der Waals surface area contributed by atoms with Crippen molar-refractivity contribution >= 4 is 0 Å². The summed E-state index contributed by atoms with van der Waals surface area (Å²) in [6, 6.07) is 0. The van der Waals surface area contributed by atoms with Crippen LogP contribution in [0.2, 0.25) is 0 Å². The first kappa shape index (κ1) is 9.53. The minimum Gasteiger partial charge on any atom is -0.373 e. The van der Waals surface area contributed by atoms with E-state index in [0.29, 0.717) is 5.92 Å². The van der Waals surface area contributed by atoms with Crippen molar-refractivity contribution in [2.45, 2.75) is 6.92 Å². The van der Waals surface area contributed by atoms with E-state index in [9.17, 15) is 0 Å². The summed E-state index contributed by atoms with van der Waals surface area (Å²) in [6.07, 6.45) is 8.95. The van der Waals surface area contributed by atoms with Crippen molar-refractivity contribution in [3.8, 4) is 0 Å². The van der Waals surface area contributed by atoms with Crippen molar-refractivity contribution in [1.82, 2.24) is 10.2 Å². The Hall–Kier alpha value is -1.02. The zero-order chi connectivity index (χ0) is 9.97. The lowest BCUT2D eigenvalue weighted by molar-refractivity contribution is 0.347. The maximum Gasteiger partial charge on any atom is 0.0422 e. The molecule has 0 aromatic carbocycles. The van der Waals surface area contributed by atoms with Gasteiger partial charge in [-0.2, -0.15) is 0 Å². The van der Waals surface area contributed by atoms with Crippen LogP contribution in [0.3, 0.4) is 0 Å². The number of rotatable bonds is 5. The maximum atomic E-state index is 3.20. The molecule has 1 N–H and O–H groups in total. The van der Waals surface area contributed by atoms with Gasteiger partial charge in [-0.1, -0.05) is 18.2 Å². The zero-order valence-corrected chi connectivity index (χ0v) is 8.96. The lowest BCUT2D eigenvalue weighted by Crippen LogP contribution is -2.31. The number of nitrogens with zero attached hydrogens (tertiary/aromatic N) is 1. The van der Waals surface area contributed by atoms with E-state index in [1.165, 1.54) is 11.3 Å². The first-order chi connectivity index (χ1) is 6.86. The summed E-state index contributed by atoms with van der Waals surface area (Å²) in [5, 5.41) is 3.20. The van der Waals surface area contributed by atoms with Gasteiger partial charge in [-0.05, 0) is 25.6 Å². The molecule has 2 nitrogen and oxygen atoms in total. The van der Waals surface area contributed by atoms with Gasteiger partial charge in [0.1, 0.15) is 0 Å². The van der Waals surface area contributed by atoms with E-state index in [1.54, 1.807) is 0 Å². The molecule has 0 amide bonds. The first-order valence-electron chi connectivity index (χ1n) is 5.36. The number of hydrogen-bond donors (Lipinski definition) is 1. The lowest BCUT2D eigenvalue weighted by Gasteiger charge is -2.27. The summed E-state index contributed by atoms with van der Waals surface area (Å²) < 4.78 is 0. The van der Waals surface area contributed by atoms with E-state index >= 15 is 0 Å². The molecule has 14 heavy (non-hydrogen) atoms. The van der Waals surface area contributed by atoms with E-state index in [4.69, 9.17) is 0 Å². The van der Waals surface area contributed by atoms with Gasteiger partial charge in [0, 0.05) is 31.2 Å². The molecular weight excluding hydrogens is 172 g/mol. The van der Waals surface area contributed by atoms with Gasteiger partial charge < -0.3 is 10.2 Å². The van der Waals surface area contributed by atoms with Crippen LogP contribution in [-0.4, -0.2) is 31.6 Å². The van der Waals surface area contributed by atoms with E-state index in [-0.39, 0.29) is 0 Å². The standard InChI is InChI=1S/C12H18N2/c1-3-14(8-7-13-2)12-6-4-5-10-9-11(10)12/h4-6,9,11,13H,3,7-8H2,1-2H3. The molecule has 76 valence electrons. The SMILES string of the molecule is CCN(CCNC)C1=CC=CC2=CC21. The predicted molar refractivity (Wildman–Crippen MR) is 60.0 cm³/mol. The van der Waals surface area contributed by atoms with Crippen LogP contribution in [0.4, 0.5) is 0 Å². The molecule has 0 saturated heterocycles. The second-order valence-electron chi connectivity index (χ2n) is 3.78. The molecule has 0 radical (unpaired) electrons. The van der Waals surface area contributed by atoms with Crippen molar-refractivity contribution in [1.29, 1.82) is 0 Å². The van der Waals surface area contributed by atoms with Crippen LogP contribution in [0.15, 0.2) is 35.6 Å². The van der Waals surface area contributed by atoms with Gasteiger partial charge in [0.05, 0.1) is 0 Å². The van der Waals surface area contributed by atoms with Gasteiger partial charge in [-0.15, -0.1) is 0 Å². The van der Waals surface area contributed by atoms with Crippen LogP contribution in [0.5, 0.6) is 0 Å². The lowest BCUT2D eigenvalue weighted by atomic mass is 10.1. The molecule has 2 heteroatoms. The third-order valence-corrected chi connectivity index (χ3v) is 2.86. The summed E-state index contributed by atoms with van der Waals surface area (Å²) in [7, 11) is 2.00. The van der Waals surface area contributed by atoms with Crippen molar-refractivity contribution in [2.24, 2.45) is 5.92 Å². The van der Waals surface area contributed by atoms with E-state index in [1.807, 2.05) is 7.05 Å². The second kappa shape index (κ2) is 4.01. The Bertz CT molecular complexity index is 299. The number of nitrogens with one attached hydrogen (secondary N) is 1. The fourth-order valence-corrected chi connectivity index (χ4v) is 1.94. The van der Waals surface area contributed by atoms with E-state index < -0.39 is 0 Å². The Kier molecular flexibility index (Phi) is 2.73. The molecule has 0 aliphatic heterocycles. The summed E-state index contributed by atoms with van der Waals surface area (Å²) in [6.45, 7) is 5.47. The first-order valence-corrected chi connectivity index (χ1v) is 5.36. The van der Waals surface area contributed by atoms with Crippen LogP contribution in [0, 0.1) is 5.92 Å². The quantitative estimate of drug-likeness (QED) is 0.707. The molecule has 1 unspecified atom stereocenters. The topological polar surface area (TPSA) is 15.3 Å². The van der Waals surface area contributed by atoms with Crippen LogP contribution in [0.1, 0.15) is 6.92 Å². The Morgan fingerprint density at radius 1 is 1.50 bits per heavy atom. The maximum absolute atomic E-state index is 3.20. The highest BCUT2D eigenvalue weighted by Crippen LogP contribution is 2.40. The van der Waals surface area contributed by atoms with Gasteiger partial charge in [0.2, 0.25) is 0 Å². The highest BCUT2D eigenvalue weighted by molar-refractivity contribution is 5.51. The van der Waals surface area contributed by atoms with Crippen LogP contribution in [0.25, 0.3) is 0 Å². The zero-order valence-electron chi connectivity index (χ0n) is 8.96. The fourth-order valence-electron chi connectivity index (χ4n) is 1.94. The van der Waals surface area contributed by atoms with Crippen molar-refractivity contribution < 1.29 is 0 Å². The van der Waals surface area contributed by atoms with Crippen molar-refractivity contribution in [3.05, 3.63) is 35.6 Å². The molecule has 0 heterocycles. The highest BCUT2D eigenvalue weighted by Gasteiger charge is 2.30. The van der Waals surface area contributed by atoms with Gasteiger partial charge in [0.25, 0.3) is 0 Å². The molecule has 2 aliphatic rings. The number of allylic oxidation sites excluding steroid dienone is 4. The van der Waals surface area contributed by atoms with Crippen LogP contribution in [-0.2, 0) is 0 Å². The predicted octanol–water partition coefficient (Wildman–Crippen LogP) is 1.54. The average Bonchev–Trinajstić information content (AvgIpc) is 2.98. The van der Waals surface area contributed by atoms with Gasteiger partial charge in [-0.25, -0.2) is 0 Å². The minimum atomic E-state index is 0.636.